The van der Waals surface area contributed by atoms with Crippen LogP contribution in [0.2, 0.25) is 0 Å². The third-order valence-corrected chi connectivity index (χ3v) is 4.33. The van der Waals surface area contributed by atoms with E-state index >= 15 is 0 Å². The lowest BCUT2D eigenvalue weighted by Crippen LogP contribution is -2.77. The van der Waals surface area contributed by atoms with Gasteiger partial charge in [0, 0.05) is 12.5 Å². The molecule has 0 aromatic carbocycles. The molecule has 0 amide bonds. The number of esters is 1. The number of carbonyl (C=O) groups is 1. The molecule has 220 valence electrons. The average Bonchev–Trinajstić information content (AvgIpc) is 2.68. The van der Waals surface area contributed by atoms with Crippen LogP contribution in [0, 0.1) is 0 Å². The zero-order valence-electron chi connectivity index (χ0n) is 16.7. The van der Waals surface area contributed by atoms with Crippen LogP contribution in [-0.2, 0) is 9.53 Å². The SMILES string of the molecule is C=CC(=O)OC[C@H](O)CC(F)(F)C(F)(F)C(F)(F)C(F)(F)C(F)(F)C(F)(F)C(F)(C(F)(F)F)C(F)(F)F. The number of hydrogen-bond donors (Lipinski definition) is 1. The van der Waals surface area contributed by atoms with E-state index in [0.29, 0.717) is 0 Å². The van der Waals surface area contributed by atoms with Gasteiger partial charge in [0.25, 0.3) is 0 Å². The van der Waals surface area contributed by atoms with E-state index < -0.39 is 78.7 Å². The maximum Gasteiger partial charge on any atom is 0.438 e. The molecular weight excluding hydrogens is 589 g/mol. The van der Waals surface area contributed by atoms with Crippen molar-refractivity contribution in [1.29, 1.82) is 0 Å². The second-order valence-electron chi connectivity index (χ2n) is 6.92. The number of halogens is 19. The monoisotopic (exact) mass is 598 g/mol. The summed E-state index contributed by atoms with van der Waals surface area (Å²) in [6, 6.07) is 0. The van der Waals surface area contributed by atoms with Gasteiger partial charge in [0.05, 0.1) is 6.10 Å². The van der Waals surface area contributed by atoms with Crippen LogP contribution >= 0.6 is 0 Å². The zero-order valence-corrected chi connectivity index (χ0v) is 16.7. The molecule has 0 bridgehead atoms. The van der Waals surface area contributed by atoms with E-state index in [1.54, 1.807) is 0 Å². The molecule has 1 N–H and O–H groups in total. The zero-order chi connectivity index (χ0) is 30.5. The molecule has 0 saturated carbocycles. The van der Waals surface area contributed by atoms with Gasteiger partial charge in [-0.3, -0.25) is 0 Å². The minimum absolute atomic E-state index is 0.239. The summed E-state index contributed by atoms with van der Waals surface area (Å²) in [6.07, 6.45) is -22.9. The Morgan fingerprint density at radius 3 is 1.30 bits per heavy atom. The molecule has 1 atom stereocenters. The number of aliphatic hydroxyl groups is 1. The largest absolute Gasteiger partial charge is 0.460 e. The first-order valence-corrected chi connectivity index (χ1v) is 8.41. The van der Waals surface area contributed by atoms with E-state index in [4.69, 9.17) is 5.11 Å². The van der Waals surface area contributed by atoms with Gasteiger partial charge in [-0.15, -0.1) is 0 Å². The highest BCUT2D eigenvalue weighted by molar-refractivity contribution is 5.81. The highest BCUT2D eigenvalue weighted by atomic mass is 19.4. The highest BCUT2D eigenvalue weighted by Crippen LogP contribution is 2.66. The van der Waals surface area contributed by atoms with Gasteiger partial charge in [-0.1, -0.05) is 6.58 Å². The van der Waals surface area contributed by atoms with Crippen molar-refractivity contribution in [2.45, 2.75) is 66.1 Å². The van der Waals surface area contributed by atoms with E-state index in [9.17, 15) is 88.2 Å². The maximum atomic E-state index is 13.7. The normalized spacial score (nSPS) is 16.4. The van der Waals surface area contributed by atoms with Crippen molar-refractivity contribution in [1.82, 2.24) is 0 Å². The first-order valence-electron chi connectivity index (χ1n) is 8.41. The van der Waals surface area contributed by atoms with E-state index in [0.717, 1.165) is 0 Å². The Labute approximate surface area is 190 Å². The summed E-state index contributed by atoms with van der Waals surface area (Å²) in [4.78, 5) is 10.6. The molecule has 0 aliphatic rings. The van der Waals surface area contributed by atoms with Crippen molar-refractivity contribution in [3.8, 4) is 0 Å². The minimum Gasteiger partial charge on any atom is -0.460 e. The molecule has 3 nitrogen and oxygen atoms in total. The van der Waals surface area contributed by atoms with Gasteiger partial charge < -0.3 is 9.84 Å². The second-order valence-corrected chi connectivity index (χ2v) is 6.92. The molecule has 0 unspecified atom stereocenters. The summed E-state index contributed by atoms with van der Waals surface area (Å²) in [7, 11) is 0. The van der Waals surface area contributed by atoms with E-state index in [-0.39, 0.29) is 6.08 Å². The number of rotatable bonds is 11. The molecule has 0 fully saturated rings. The van der Waals surface area contributed by atoms with Crippen LogP contribution in [0.25, 0.3) is 0 Å². The second kappa shape index (κ2) is 9.54. The lowest BCUT2D eigenvalue weighted by molar-refractivity contribution is -0.472. The van der Waals surface area contributed by atoms with Crippen molar-refractivity contribution in [2.24, 2.45) is 0 Å². The Morgan fingerprint density at radius 2 is 0.973 bits per heavy atom. The van der Waals surface area contributed by atoms with E-state index in [1.807, 2.05) is 0 Å². The number of carbonyl (C=O) groups excluding carboxylic acids is 1. The predicted octanol–water partition coefficient (Wildman–Crippen LogP) is 6.11. The molecule has 0 rings (SSSR count). The van der Waals surface area contributed by atoms with Crippen molar-refractivity contribution in [2.75, 3.05) is 6.61 Å². The van der Waals surface area contributed by atoms with E-state index in [2.05, 4.69) is 11.3 Å². The highest BCUT2D eigenvalue weighted by Gasteiger charge is 2.98. The van der Waals surface area contributed by atoms with Crippen LogP contribution in [0.1, 0.15) is 6.42 Å². The summed E-state index contributed by atoms with van der Waals surface area (Å²) >= 11 is 0. The molecule has 0 aliphatic carbocycles. The Hall–Kier alpha value is -2.16. The van der Waals surface area contributed by atoms with Gasteiger partial charge in [0.15, 0.2) is 0 Å². The van der Waals surface area contributed by atoms with Crippen LogP contribution in [0.4, 0.5) is 83.4 Å². The first-order chi connectivity index (χ1) is 15.8. The van der Waals surface area contributed by atoms with Crippen molar-refractivity contribution in [3.63, 3.8) is 0 Å². The summed E-state index contributed by atoms with van der Waals surface area (Å²) in [6.45, 7) is 0.870. The molecule has 22 heteroatoms. The fraction of sp³-hybridized carbons (Fsp3) is 0.800. The van der Waals surface area contributed by atoms with Crippen molar-refractivity contribution < 1.29 is 98.1 Å². The molecular formula is C15H9F19O3. The number of aliphatic hydroxyl groups excluding tert-OH is 1. The Balaban J connectivity index is 6.74. The topological polar surface area (TPSA) is 46.5 Å². The molecule has 0 spiro atoms. The quantitative estimate of drug-likeness (QED) is 0.178. The van der Waals surface area contributed by atoms with Crippen LogP contribution in [-0.4, -0.2) is 77.3 Å². The van der Waals surface area contributed by atoms with Gasteiger partial charge in [-0.2, -0.15) is 79.0 Å². The van der Waals surface area contributed by atoms with Gasteiger partial charge in [0.2, 0.25) is 0 Å². The minimum atomic E-state index is -9.11. The van der Waals surface area contributed by atoms with E-state index in [1.165, 1.54) is 0 Å². The van der Waals surface area contributed by atoms with Crippen LogP contribution in [0.15, 0.2) is 12.7 Å². The third-order valence-electron chi connectivity index (χ3n) is 4.33. The number of ether oxygens (including phenoxy) is 1. The fourth-order valence-corrected chi connectivity index (χ4v) is 2.27. The number of alkyl halides is 19. The molecule has 0 heterocycles. The number of hydrogen-bond acceptors (Lipinski definition) is 3. The van der Waals surface area contributed by atoms with Crippen LogP contribution < -0.4 is 0 Å². The lowest BCUT2D eigenvalue weighted by Gasteiger charge is -2.45. The lowest BCUT2D eigenvalue weighted by atomic mass is 9.83. The van der Waals surface area contributed by atoms with Crippen molar-refractivity contribution >= 4 is 5.97 Å². The van der Waals surface area contributed by atoms with Gasteiger partial charge >= 0.3 is 59.5 Å². The summed E-state index contributed by atoms with van der Waals surface area (Å²) < 4.78 is 254. The molecule has 0 aliphatic heterocycles. The Bertz CT molecular complexity index is 827. The summed E-state index contributed by atoms with van der Waals surface area (Å²) in [5, 5.41) is 9.01. The van der Waals surface area contributed by atoms with Crippen LogP contribution in [0.3, 0.4) is 0 Å². The molecule has 0 aromatic heterocycles. The molecule has 0 radical (unpaired) electrons. The Kier molecular flexibility index (Phi) is 8.99. The Morgan fingerprint density at radius 1 is 0.649 bits per heavy atom. The molecule has 37 heavy (non-hydrogen) atoms. The molecule has 0 saturated heterocycles. The van der Waals surface area contributed by atoms with Crippen molar-refractivity contribution in [3.05, 3.63) is 12.7 Å². The smallest absolute Gasteiger partial charge is 0.438 e. The standard InChI is InChI=1S/C15H9F19O3/c1-2-6(36)37-4-5(35)3-7(16,17)9(19,20)11(23,24)13(27,28)12(25,26)10(21,22)8(18,14(29,30)31)15(32,33)34/h2,5,35H,1,3-4H2/t5-/m1/s1. The fourth-order valence-electron chi connectivity index (χ4n) is 2.27. The maximum absolute atomic E-state index is 13.7. The summed E-state index contributed by atoms with van der Waals surface area (Å²) in [5.41, 5.74) is -8.81. The van der Waals surface area contributed by atoms with Gasteiger partial charge in [0.1, 0.15) is 6.61 Å². The van der Waals surface area contributed by atoms with Crippen LogP contribution in [0.5, 0.6) is 0 Å². The predicted molar refractivity (Wildman–Crippen MR) is 77.4 cm³/mol. The third kappa shape index (κ3) is 5.12. The summed E-state index contributed by atoms with van der Waals surface area (Å²) in [5.74, 6) is -52.4. The molecule has 0 aromatic rings. The van der Waals surface area contributed by atoms with Gasteiger partial charge in [-0.25, -0.2) is 9.18 Å². The first kappa shape index (κ1) is 34.8. The van der Waals surface area contributed by atoms with Gasteiger partial charge in [-0.05, 0) is 0 Å². The average molecular weight is 598 g/mol.